The number of terminal acetylenes is 1. The lowest BCUT2D eigenvalue weighted by atomic mass is 10.3. The largest absolute Gasteiger partial charge is 0.477 e. The van der Waals surface area contributed by atoms with E-state index in [-0.39, 0.29) is 5.69 Å². The van der Waals surface area contributed by atoms with E-state index in [0.717, 1.165) is 12.8 Å². The lowest BCUT2D eigenvalue weighted by Crippen LogP contribution is -2.27. The molecule has 82 valence electrons. The fraction of sp³-hybridized carbons (Fsp3) is 0.364. The molecular formula is C11H11N3O2. The molecule has 0 aliphatic heterocycles. The Morgan fingerprint density at radius 2 is 2.38 bits per heavy atom. The molecule has 16 heavy (non-hydrogen) atoms. The number of rotatable bonds is 4. The van der Waals surface area contributed by atoms with Crippen molar-refractivity contribution in [2.24, 2.45) is 0 Å². The number of carboxylic acid groups (broad SMARTS) is 1. The molecule has 0 unspecified atom stereocenters. The second-order valence-corrected chi connectivity index (χ2v) is 3.63. The van der Waals surface area contributed by atoms with Crippen LogP contribution in [-0.2, 0) is 0 Å². The zero-order valence-electron chi connectivity index (χ0n) is 8.63. The fourth-order valence-electron chi connectivity index (χ4n) is 1.50. The monoisotopic (exact) mass is 217 g/mol. The normalized spacial score (nSPS) is 14.2. The first kappa shape index (κ1) is 10.4. The van der Waals surface area contributed by atoms with E-state index in [1.807, 2.05) is 4.90 Å². The molecule has 1 aromatic heterocycles. The summed E-state index contributed by atoms with van der Waals surface area (Å²) < 4.78 is 0. The molecule has 1 fully saturated rings. The summed E-state index contributed by atoms with van der Waals surface area (Å²) in [4.78, 5) is 20.4. The van der Waals surface area contributed by atoms with Crippen molar-refractivity contribution < 1.29 is 9.90 Å². The van der Waals surface area contributed by atoms with E-state index in [2.05, 4.69) is 15.9 Å². The number of carboxylic acids is 1. The van der Waals surface area contributed by atoms with Gasteiger partial charge in [-0.3, -0.25) is 0 Å². The van der Waals surface area contributed by atoms with Gasteiger partial charge in [-0.15, -0.1) is 6.42 Å². The van der Waals surface area contributed by atoms with Gasteiger partial charge in [0.2, 0.25) is 0 Å². The van der Waals surface area contributed by atoms with Gasteiger partial charge in [0.15, 0.2) is 5.69 Å². The molecule has 1 aliphatic rings. The Morgan fingerprint density at radius 1 is 1.62 bits per heavy atom. The number of aromatic carboxylic acids is 1. The Bertz CT molecular complexity index is 449. The summed E-state index contributed by atoms with van der Waals surface area (Å²) in [6.07, 6.45) is 8.69. The van der Waals surface area contributed by atoms with Gasteiger partial charge in [0.05, 0.1) is 6.54 Å². The van der Waals surface area contributed by atoms with Crippen molar-refractivity contribution in [3.05, 3.63) is 18.1 Å². The van der Waals surface area contributed by atoms with E-state index in [4.69, 9.17) is 11.5 Å². The molecule has 5 nitrogen and oxygen atoms in total. The summed E-state index contributed by atoms with van der Waals surface area (Å²) >= 11 is 0. The minimum absolute atomic E-state index is 0.00679. The van der Waals surface area contributed by atoms with E-state index >= 15 is 0 Å². The van der Waals surface area contributed by atoms with Crippen LogP contribution in [-0.4, -0.2) is 33.6 Å². The Kier molecular flexibility index (Phi) is 2.73. The van der Waals surface area contributed by atoms with Gasteiger partial charge in [-0.2, -0.15) is 0 Å². The average Bonchev–Trinajstić information content (AvgIpc) is 3.10. The highest BCUT2D eigenvalue weighted by Gasteiger charge is 2.29. The Labute approximate surface area is 93.1 Å². The number of aromatic nitrogens is 2. The molecule has 0 aromatic carbocycles. The van der Waals surface area contributed by atoms with Crippen molar-refractivity contribution in [3.63, 3.8) is 0 Å². The quantitative estimate of drug-likeness (QED) is 0.755. The molecule has 5 heteroatoms. The van der Waals surface area contributed by atoms with Crippen LogP contribution < -0.4 is 4.90 Å². The fourth-order valence-corrected chi connectivity index (χ4v) is 1.50. The highest BCUT2D eigenvalue weighted by molar-refractivity contribution is 5.86. The standard InChI is InChI=1S/C11H11N3O2/c1-2-5-14(8-3-4-8)10-6-9(11(15)16)12-7-13-10/h1,6-8H,3-5H2,(H,15,16). The number of hydrogen-bond donors (Lipinski definition) is 1. The molecule has 1 heterocycles. The Morgan fingerprint density at radius 3 is 2.94 bits per heavy atom. The molecule has 1 saturated carbocycles. The van der Waals surface area contributed by atoms with Crippen LogP contribution >= 0.6 is 0 Å². The van der Waals surface area contributed by atoms with Gasteiger partial charge in [-0.25, -0.2) is 14.8 Å². The van der Waals surface area contributed by atoms with Crippen molar-refractivity contribution in [3.8, 4) is 12.3 Å². The van der Waals surface area contributed by atoms with E-state index in [1.54, 1.807) is 0 Å². The topological polar surface area (TPSA) is 66.3 Å². The average molecular weight is 217 g/mol. The molecule has 0 spiro atoms. The number of anilines is 1. The van der Waals surface area contributed by atoms with Crippen molar-refractivity contribution in [2.45, 2.75) is 18.9 Å². The molecule has 0 amide bonds. The second-order valence-electron chi connectivity index (χ2n) is 3.63. The first-order valence-corrected chi connectivity index (χ1v) is 4.98. The SMILES string of the molecule is C#CCN(c1cc(C(=O)O)ncn1)C1CC1. The minimum Gasteiger partial charge on any atom is -0.477 e. The number of carbonyl (C=O) groups is 1. The van der Waals surface area contributed by atoms with Gasteiger partial charge in [0.1, 0.15) is 12.1 Å². The summed E-state index contributed by atoms with van der Waals surface area (Å²) in [6.45, 7) is 0.445. The van der Waals surface area contributed by atoms with Crippen LogP contribution in [0.15, 0.2) is 12.4 Å². The van der Waals surface area contributed by atoms with Crippen molar-refractivity contribution >= 4 is 11.8 Å². The van der Waals surface area contributed by atoms with E-state index < -0.39 is 5.97 Å². The molecule has 0 atom stereocenters. The van der Waals surface area contributed by atoms with Crippen molar-refractivity contribution in [1.29, 1.82) is 0 Å². The molecular weight excluding hydrogens is 206 g/mol. The molecule has 0 bridgehead atoms. The van der Waals surface area contributed by atoms with Crippen LogP contribution in [0.25, 0.3) is 0 Å². The molecule has 1 aliphatic carbocycles. The Hall–Kier alpha value is -2.09. The molecule has 1 aromatic rings. The zero-order valence-corrected chi connectivity index (χ0v) is 8.63. The van der Waals surface area contributed by atoms with E-state index in [1.165, 1.54) is 12.4 Å². The number of nitrogens with zero attached hydrogens (tertiary/aromatic N) is 3. The maximum absolute atomic E-state index is 10.8. The van der Waals surface area contributed by atoms with Crippen LogP contribution in [0.1, 0.15) is 23.3 Å². The lowest BCUT2D eigenvalue weighted by Gasteiger charge is -2.20. The Balaban J connectivity index is 2.27. The lowest BCUT2D eigenvalue weighted by molar-refractivity contribution is 0.0690. The molecule has 2 rings (SSSR count). The summed E-state index contributed by atoms with van der Waals surface area (Å²) in [5.41, 5.74) is -0.00679. The first-order chi connectivity index (χ1) is 7.72. The van der Waals surface area contributed by atoms with Crippen LogP contribution in [0.5, 0.6) is 0 Å². The van der Waals surface area contributed by atoms with E-state index in [0.29, 0.717) is 18.4 Å². The third-order valence-electron chi connectivity index (χ3n) is 2.42. The smallest absolute Gasteiger partial charge is 0.354 e. The van der Waals surface area contributed by atoms with E-state index in [9.17, 15) is 4.79 Å². The van der Waals surface area contributed by atoms with Crippen LogP contribution in [0.2, 0.25) is 0 Å². The minimum atomic E-state index is -1.06. The first-order valence-electron chi connectivity index (χ1n) is 4.98. The maximum Gasteiger partial charge on any atom is 0.354 e. The van der Waals surface area contributed by atoms with Gasteiger partial charge in [0.25, 0.3) is 0 Å². The zero-order chi connectivity index (χ0) is 11.5. The predicted octanol–water partition coefficient (Wildman–Crippen LogP) is 0.777. The molecule has 0 saturated heterocycles. The van der Waals surface area contributed by atoms with Gasteiger partial charge in [-0.1, -0.05) is 5.92 Å². The van der Waals surface area contributed by atoms with Crippen LogP contribution in [0, 0.1) is 12.3 Å². The third kappa shape index (κ3) is 2.11. The third-order valence-corrected chi connectivity index (χ3v) is 2.42. The summed E-state index contributed by atoms with van der Waals surface area (Å²) in [6, 6.07) is 1.85. The van der Waals surface area contributed by atoms with Crippen molar-refractivity contribution in [2.75, 3.05) is 11.4 Å². The highest BCUT2D eigenvalue weighted by Crippen LogP contribution is 2.30. The number of hydrogen-bond acceptors (Lipinski definition) is 4. The van der Waals surface area contributed by atoms with Gasteiger partial charge in [-0.05, 0) is 12.8 Å². The molecule has 0 radical (unpaired) electrons. The highest BCUT2D eigenvalue weighted by atomic mass is 16.4. The van der Waals surface area contributed by atoms with Gasteiger partial charge >= 0.3 is 5.97 Å². The summed E-state index contributed by atoms with van der Waals surface area (Å²) in [7, 11) is 0. The maximum atomic E-state index is 10.8. The van der Waals surface area contributed by atoms with Gasteiger partial charge in [0, 0.05) is 12.1 Å². The van der Waals surface area contributed by atoms with Crippen LogP contribution in [0.3, 0.4) is 0 Å². The van der Waals surface area contributed by atoms with Gasteiger partial charge < -0.3 is 10.0 Å². The van der Waals surface area contributed by atoms with Crippen LogP contribution in [0.4, 0.5) is 5.82 Å². The predicted molar refractivity (Wildman–Crippen MR) is 58.2 cm³/mol. The summed E-state index contributed by atoms with van der Waals surface area (Å²) in [5.74, 6) is 2.09. The second kappa shape index (κ2) is 4.19. The van der Waals surface area contributed by atoms with Crippen molar-refractivity contribution in [1.82, 2.24) is 9.97 Å². The summed E-state index contributed by atoms with van der Waals surface area (Å²) in [5, 5.41) is 8.83. The molecule has 1 N–H and O–H groups in total.